The van der Waals surface area contributed by atoms with Gasteiger partial charge in [-0.2, -0.15) is 0 Å². The van der Waals surface area contributed by atoms with E-state index in [1.807, 2.05) is 37.3 Å². The van der Waals surface area contributed by atoms with E-state index in [2.05, 4.69) is 5.32 Å². The molecule has 2 aromatic carbocycles. The second-order valence-electron chi connectivity index (χ2n) is 4.80. The lowest BCUT2D eigenvalue weighted by molar-refractivity contribution is 0.0910. The first-order chi connectivity index (χ1) is 9.57. The first-order valence-electron chi connectivity index (χ1n) is 6.29. The number of amides is 1. The number of halogens is 1. The van der Waals surface area contributed by atoms with E-state index >= 15 is 0 Å². The largest absolute Gasteiger partial charge is 0.507 e. The number of aromatic hydroxyl groups is 1. The van der Waals surface area contributed by atoms with Crippen molar-refractivity contribution >= 4 is 17.5 Å². The normalized spacial score (nSPS) is 13.5. The fourth-order valence-electron chi connectivity index (χ4n) is 1.97. The second kappa shape index (κ2) is 5.97. The molecule has 1 unspecified atom stereocenters. The molecule has 0 spiro atoms. The van der Waals surface area contributed by atoms with Crippen LogP contribution >= 0.6 is 11.6 Å². The van der Waals surface area contributed by atoms with E-state index < -0.39 is 5.54 Å². The predicted molar refractivity (Wildman–Crippen MR) is 80.1 cm³/mol. The van der Waals surface area contributed by atoms with Gasteiger partial charge in [0.05, 0.1) is 11.1 Å². The van der Waals surface area contributed by atoms with Gasteiger partial charge in [-0.3, -0.25) is 4.79 Å². The van der Waals surface area contributed by atoms with Crippen molar-refractivity contribution in [2.24, 2.45) is 0 Å². The van der Waals surface area contributed by atoms with Gasteiger partial charge in [-0.15, -0.1) is 11.6 Å². The molecule has 4 heteroatoms. The molecule has 0 heterocycles. The fourth-order valence-corrected chi connectivity index (χ4v) is 2.19. The summed E-state index contributed by atoms with van der Waals surface area (Å²) in [5.41, 5.74) is 0.459. The summed E-state index contributed by atoms with van der Waals surface area (Å²) in [7, 11) is 0. The molecule has 0 saturated heterocycles. The van der Waals surface area contributed by atoms with E-state index in [-0.39, 0.29) is 23.1 Å². The average Bonchev–Trinajstić information content (AvgIpc) is 2.48. The van der Waals surface area contributed by atoms with Gasteiger partial charge >= 0.3 is 0 Å². The lowest BCUT2D eigenvalue weighted by Gasteiger charge is -2.29. The van der Waals surface area contributed by atoms with Crippen LogP contribution in [0.5, 0.6) is 5.75 Å². The maximum Gasteiger partial charge on any atom is 0.255 e. The predicted octanol–water partition coefficient (Wildman–Crippen LogP) is 3.28. The molecule has 0 aromatic heterocycles. The highest BCUT2D eigenvalue weighted by atomic mass is 35.5. The summed E-state index contributed by atoms with van der Waals surface area (Å²) in [6.07, 6.45) is 0. The van der Waals surface area contributed by atoms with E-state index in [1.54, 1.807) is 18.2 Å². The molecule has 0 aliphatic heterocycles. The Balaban J connectivity index is 2.27. The molecule has 0 aliphatic rings. The molecule has 2 N–H and O–H groups in total. The molecule has 2 aromatic rings. The van der Waals surface area contributed by atoms with Gasteiger partial charge in [0.15, 0.2) is 0 Å². The zero-order chi connectivity index (χ0) is 14.6. The van der Waals surface area contributed by atoms with Crippen molar-refractivity contribution in [3.63, 3.8) is 0 Å². The number of rotatable bonds is 4. The van der Waals surface area contributed by atoms with Gasteiger partial charge in [0, 0.05) is 5.88 Å². The molecule has 2 rings (SSSR count). The Morgan fingerprint density at radius 1 is 1.15 bits per heavy atom. The van der Waals surface area contributed by atoms with Crippen LogP contribution in [0.3, 0.4) is 0 Å². The maximum absolute atomic E-state index is 12.3. The number of phenolic OH excluding ortho intramolecular Hbond substituents is 1. The van der Waals surface area contributed by atoms with E-state index in [1.165, 1.54) is 6.07 Å². The molecular formula is C16H16ClNO2. The highest BCUT2D eigenvalue weighted by Gasteiger charge is 2.28. The first-order valence-corrected chi connectivity index (χ1v) is 6.82. The lowest BCUT2D eigenvalue weighted by atomic mass is 9.93. The fraction of sp³-hybridized carbons (Fsp3) is 0.188. The molecule has 0 fully saturated rings. The van der Waals surface area contributed by atoms with Crippen LogP contribution in [-0.4, -0.2) is 16.9 Å². The standard InChI is InChI=1S/C16H16ClNO2/c1-16(11-17,12-7-3-2-4-8-12)18-15(20)13-9-5-6-10-14(13)19/h2-10,19H,11H2,1H3,(H,18,20). The van der Waals surface area contributed by atoms with Crippen LogP contribution in [0.25, 0.3) is 0 Å². The second-order valence-corrected chi connectivity index (χ2v) is 5.07. The molecule has 20 heavy (non-hydrogen) atoms. The molecule has 1 atom stereocenters. The third-order valence-electron chi connectivity index (χ3n) is 3.22. The van der Waals surface area contributed by atoms with Crippen molar-refractivity contribution in [2.45, 2.75) is 12.5 Å². The Kier molecular flexibility index (Phi) is 4.30. The zero-order valence-electron chi connectivity index (χ0n) is 11.1. The average molecular weight is 290 g/mol. The van der Waals surface area contributed by atoms with Crippen molar-refractivity contribution in [3.05, 3.63) is 65.7 Å². The number of alkyl halides is 1. The topological polar surface area (TPSA) is 49.3 Å². The van der Waals surface area contributed by atoms with Gasteiger partial charge in [0.25, 0.3) is 5.91 Å². The Morgan fingerprint density at radius 2 is 1.75 bits per heavy atom. The number of para-hydroxylation sites is 1. The van der Waals surface area contributed by atoms with E-state index in [9.17, 15) is 9.90 Å². The van der Waals surface area contributed by atoms with Gasteiger partial charge in [0.1, 0.15) is 5.75 Å². The Bertz CT molecular complexity index is 600. The SMILES string of the molecule is CC(CCl)(NC(=O)c1ccccc1O)c1ccccc1. The van der Waals surface area contributed by atoms with Crippen LogP contribution in [0.2, 0.25) is 0 Å². The van der Waals surface area contributed by atoms with Crippen molar-refractivity contribution < 1.29 is 9.90 Å². The van der Waals surface area contributed by atoms with Crippen molar-refractivity contribution in [3.8, 4) is 5.75 Å². The van der Waals surface area contributed by atoms with Crippen LogP contribution < -0.4 is 5.32 Å². The third kappa shape index (κ3) is 2.94. The summed E-state index contributed by atoms with van der Waals surface area (Å²) >= 11 is 6.04. The minimum absolute atomic E-state index is 0.0463. The van der Waals surface area contributed by atoms with E-state index in [0.29, 0.717) is 0 Å². The van der Waals surface area contributed by atoms with Gasteiger partial charge in [-0.25, -0.2) is 0 Å². The van der Waals surface area contributed by atoms with Crippen molar-refractivity contribution in [1.29, 1.82) is 0 Å². The van der Waals surface area contributed by atoms with Crippen LogP contribution in [0.4, 0.5) is 0 Å². The monoisotopic (exact) mass is 289 g/mol. The molecule has 0 radical (unpaired) electrons. The van der Waals surface area contributed by atoms with Gasteiger partial charge in [-0.05, 0) is 24.6 Å². The number of carbonyl (C=O) groups is 1. The molecule has 0 aliphatic carbocycles. The molecule has 1 amide bonds. The number of hydrogen-bond donors (Lipinski definition) is 2. The van der Waals surface area contributed by atoms with Crippen molar-refractivity contribution in [2.75, 3.05) is 5.88 Å². The first kappa shape index (κ1) is 14.4. The number of nitrogens with one attached hydrogen (secondary N) is 1. The molecule has 3 nitrogen and oxygen atoms in total. The zero-order valence-corrected chi connectivity index (χ0v) is 11.9. The molecule has 104 valence electrons. The van der Waals surface area contributed by atoms with Crippen LogP contribution in [0.15, 0.2) is 54.6 Å². The number of benzene rings is 2. The minimum Gasteiger partial charge on any atom is -0.507 e. The summed E-state index contributed by atoms with van der Waals surface area (Å²) in [5.74, 6) is -0.166. The highest BCUT2D eigenvalue weighted by Crippen LogP contribution is 2.24. The summed E-state index contributed by atoms with van der Waals surface area (Å²) in [6.45, 7) is 1.85. The smallest absolute Gasteiger partial charge is 0.255 e. The summed E-state index contributed by atoms with van der Waals surface area (Å²) in [5, 5.41) is 12.6. The Morgan fingerprint density at radius 3 is 2.35 bits per heavy atom. The summed E-state index contributed by atoms with van der Waals surface area (Å²) in [4.78, 5) is 12.3. The van der Waals surface area contributed by atoms with Gasteiger partial charge in [0.2, 0.25) is 0 Å². The van der Waals surface area contributed by atoms with E-state index in [0.717, 1.165) is 5.56 Å². The Labute approximate surface area is 123 Å². The summed E-state index contributed by atoms with van der Waals surface area (Å²) < 4.78 is 0. The van der Waals surface area contributed by atoms with Crippen LogP contribution in [-0.2, 0) is 5.54 Å². The maximum atomic E-state index is 12.3. The van der Waals surface area contributed by atoms with Gasteiger partial charge in [-0.1, -0.05) is 42.5 Å². The third-order valence-corrected chi connectivity index (χ3v) is 3.75. The quantitative estimate of drug-likeness (QED) is 0.849. The molecular weight excluding hydrogens is 274 g/mol. The van der Waals surface area contributed by atoms with Gasteiger partial charge < -0.3 is 10.4 Å². The summed E-state index contributed by atoms with van der Waals surface area (Å²) in [6, 6.07) is 15.9. The van der Waals surface area contributed by atoms with Crippen LogP contribution in [0, 0.1) is 0 Å². The lowest BCUT2D eigenvalue weighted by Crippen LogP contribution is -2.45. The van der Waals surface area contributed by atoms with Crippen LogP contribution in [0.1, 0.15) is 22.8 Å². The molecule has 0 bridgehead atoms. The van der Waals surface area contributed by atoms with Crippen molar-refractivity contribution in [1.82, 2.24) is 5.32 Å². The number of carbonyl (C=O) groups excluding carboxylic acids is 1. The Hall–Kier alpha value is -2.00. The number of hydrogen-bond acceptors (Lipinski definition) is 2. The highest BCUT2D eigenvalue weighted by molar-refractivity contribution is 6.19. The molecule has 0 saturated carbocycles. The minimum atomic E-state index is -0.692. The van der Waals surface area contributed by atoms with E-state index in [4.69, 9.17) is 11.6 Å². The number of phenols is 1.